The highest BCUT2D eigenvalue weighted by atomic mass is 16.5. The van der Waals surface area contributed by atoms with Crippen molar-refractivity contribution < 1.29 is 9.47 Å². The summed E-state index contributed by atoms with van der Waals surface area (Å²) >= 11 is 0. The maximum Gasteiger partial charge on any atom is 0.0860 e. The van der Waals surface area contributed by atoms with Gasteiger partial charge in [-0.15, -0.1) is 0 Å². The van der Waals surface area contributed by atoms with Crippen LogP contribution >= 0.6 is 0 Å². The molecule has 13 heavy (non-hydrogen) atoms. The Morgan fingerprint density at radius 3 is 2.69 bits per heavy atom. The van der Waals surface area contributed by atoms with Gasteiger partial charge in [0.15, 0.2) is 0 Å². The predicted octanol–water partition coefficient (Wildman–Crippen LogP) is -1.04. The Morgan fingerprint density at radius 2 is 2.23 bits per heavy atom. The van der Waals surface area contributed by atoms with E-state index in [1.165, 1.54) is 0 Å². The lowest BCUT2D eigenvalue weighted by molar-refractivity contribution is -0.198. The third-order valence-corrected chi connectivity index (χ3v) is 3.44. The summed E-state index contributed by atoms with van der Waals surface area (Å²) in [7, 11) is 0. The molecule has 3 aliphatic rings. The van der Waals surface area contributed by atoms with Crippen molar-refractivity contribution in [3.05, 3.63) is 0 Å². The van der Waals surface area contributed by atoms with Gasteiger partial charge in [-0.1, -0.05) is 0 Å². The van der Waals surface area contributed by atoms with Crippen LogP contribution in [0.1, 0.15) is 0 Å². The molecule has 4 heteroatoms. The molecule has 3 fully saturated rings. The Morgan fingerprint density at radius 1 is 1.31 bits per heavy atom. The van der Waals surface area contributed by atoms with Gasteiger partial charge in [-0.25, -0.2) is 0 Å². The Balaban J connectivity index is 1.64. The molecule has 0 aromatic rings. The molecular weight excluding hydrogens is 168 g/mol. The van der Waals surface area contributed by atoms with Gasteiger partial charge in [0.25, 0.3) is 0 Å². The van der Waals surface area contributed by atoms with Crippen LogP contribution < -0.4 is 10.6 Å². The standard InChI is InChI=1S/C9H16N2O2/c1-2-13-7(3-10-1)8-9(4-11-8)5-12-6-9/h7-8,10-11H,1-6H2. The first-order valence-electron chi connectivity index (χ1n) is 5.04. The number of hydrogen-bond acceptors (Lipinski definition) is 4. The molecule has 74 valence electrons. The molecule has 0 aliphatic carbocycles. The smallest absolute Gasteiger partial charge is 0.0860 e. The minimum absolute atomic E-state index is 0.353. The molecule has 0 aromatic carbocycles. The molecule has 0 amide bonds. The Labute approximate surface area is 78.0 Å². The van der Waals surface area contributed by atoms with Crippen LogP contribution in [0.5, 0.6) is 0 Å². The monoisotopic (exact) mass is 184 g/mol. The Kier molecular flexibility index (Phi) is 1.83. The van der Waals surface area contributed by atoms with Crippen molar-refractivity contribution in [1.82, 2.24) is 10.6 Å². The maximum atomic E-state index is 5.73. The zero-order valence-corrected chi connectivity index (χ0v) is 7.71. The SMILES string of the molecule is C1COC(C2NCC23COC3)CN1. The lowest BCUT2D eigenvalue weighted by Crippen LogP contribution is -2.76. The predicted molar refractivity (Wildman–Crippen MR) is 47.7 cm³/mol. The second-order valence-corrected chi connectivity index (χ2v) is 4.33. The number of morpholine rings is 1. The van der Waals surface area contributed by atoms with Crippen LogP contribution in [-0.2, 0) is 9.47 Å². The van der Waals surface area contributed by atoms with Crippen molar-refractivity contribution in [3.63, 3.8) is 0 Å². The molecule has 2 N–H and O–H groups in total. The highest BCUT2D eigenvalue weighted by molar-refractivity contribution is 5.09. The van der Waals surface area contributed by atoms with Crippen molar-refractivity contribution in [2.24, 2.45) is 5.41 Å². The normalized spacial score (nSPS) is 42.5. The fraction of sp³-hybridized carbons (Fsp3) is 1.00. The maximum absolute atomic E-state index is 5.73. The quantitative estimate of drug-likeness (QED) is 0.546. The molecule has 3 aliphatic heterocycles. The lowest BCUT2D eigenvalue weighted by atomic mass is 9.69. The zero-order chi connectivity index (χ0) is 8.73. The Hall–Kier alpha value is -0.160. The van der Waals surface area contributed by atoms with Crippen LogP contribution in [0.15, 0.2) is 0 Å². The van der Waals surface area contributed by atoms with E-state index in [0.29, 0.717) is 17.6 Å². The third kappa shape index (κ3) is 1.13. The number of ether oxygens (including phenoxy) is 2. The molecule has 2 unspecified atom stereocenters. The minimum Gasteiger partial charge on any atom is -0.380 e. The molecule has 0 aromatic heterocycles. The number of hydrogen-bond donors (Lipinski definition) is 2. The first-order chi connectivity index (χ1) is 6.41. The molecule has 3 rings (SSSR count). The van der Waals surface area contributed by atoms with Crippen molar-refractivity contribution in [3.8, 4) is 0 Å². The van der Waals surface area contributed by atoms with E-state index in [4.69, 9.17) is 9.47 Å². The molecule has 4 nitrogen and oxygen atoms in total. The van der Waals surface area contributed by atoms with Crippen LogP contribution in [0.4, 0.5) is 0 Å². The molecule has 0 bridgehead atoms. The largest absolute Gasteiger partial charge is 0.380 e. The Bertz CT molecular complexity index is 194. The van der Waals surface area contributed by atoms with Crippen LogP contribution in [0.25, 0.3) is 0 Å². The highest BCUT2D eigenvalue weighted by Gasteiger charge is 2.55. The highest BCUT2D eigenvalue weighted by Crippen LogP contribution is 2.39. The van der Waals surface area contributed by atoms with E-state index in [2.05, 4.69) is 10.6 Å². The topological polar surface area (TPSA) is 42.5 Å². The summed E-state index contributed by atoms with van der Waals surface area (Å²) < 4.78 is 11.0. The van der Waals surface area contributed by atoms with Crippen LogP contribution in [0, 0.1) is 5.41 Å². The van der Waals surface area contributed by atoms with Gasteiger partial charge in [0.05, 0.1) is 25.9 Å². The van der Waals surface area contributed by atoms with Crippen LogP contribution in [0.2, 0.25) is 0 Å². The van der Waals surface area contributed by atoms with Crippen molar-refractivity contribution in [1.29, 1.82) is 0 Å². The number of nitrogens with one attached hydrogen (secondary N) is 2. The van der Waals surface area contributed by atoms with Gasteiger partial charge in [-0.2, -0.15) is 0 Å². The van der Waals surface area contributed by atoms with E-state index in [-0.39, 0.29) is 0 Å². The lowest BCUT2D eigenvalue weighted by Gasteiger charge is -2.58. The van der Waals surface area contributed by atoms with Gasteiger partial charge in [-0.3, -0.25) is 0 Å². The van der Waals surface area contributed by atoms with Gasteiger partial charge in [0.2, 0.25) is 0 Å². The molecule has 3 heterocycles. The minimum atomic E-state index is 0.353. The van der Waals surface area contributed by atoms with E-state index in [1.807, 2.05) is 0 Å². The summed E-state index contributed by atoms with van der Waals surface area (Å²) in [5.74, 6) is 0. The molecular formula is C9H16N2O2. The second-order valence-electron chi connectivity index (χ2n) is 4.33. The fourth-order valence-corrected chi connectivity index (χ4v) is 2.48. The summed E-state index contributed by atoms with van der Waals surface area (Å²) in [6.45, 7) is 5.78. The van der Waals surface area contributed by atoms with Crippen LogP contribution in [0.3, 0.4) is 0 Å². The summed E-state index contributed by atoms with van der Waals surface area (Å²) in [5.41, 5.74) is 0.420. The van der Waals surface area contributed by atoms with Gasteiger partial charge in [0, 0.05) is 31.1 Å². The van der Waals surface area contributed by atoms with Gasteiger partial charge in [-0.05, 0) is 0 Å². The summed E-state index contributed by atoms with van der Waals surface area (Å²) in [6.07, 6.45) is 0.353. The van der Waals surface area contributed by atoms with Crippen LogP contribution in [-0.4, -0.2) is 51.6 Å². The van der Waals surface area contributed by atoms with Gasteiger partial charge < -0.3 is 20.1 Å². The van der Waals surface area contributed by atoms with E-state index < -0.39 is 0 Å². The summed E-state index contributed by atoms with van der Waals surface area (Å²) in [6, 6.07) is 0.522. The molecule has 2 atom stereocenters. The van der Waals surface area contributed by atoms with Gasteiger partial charge in [0.1, 0.15) is 0 Å². The molecule has 3 saturated heterocycles. The molecule has 0 saturated carbocycles. The van der Waals surface area contributed by atoms with E-state index in [9.17, 15) is 0 Å². The molecule has 1 spiro atoms. The van der Waals surface area contributed by atoms with E-state index in [1.54, 1.807) is 0 Å². The first-order valence-corrected chi connectivity index (χ1v) is 5.04. The average Bonchev–Trinajstić information content (AvgIpc) is 2.01. The summed E-state index contributed by atoms with van der Waals surface area (Å²) in [5, 5.41) is 6.83. The van der Waals surface area contributed by atoms with E-state index in [0.717, 1.165) is 39.5 Å². The summed E-state index contributed by atoms with van der Waals surface area (Å²) in [4.78, 5) is 0. The van der Waals surface area contributed by atoms with Crippen molar-refractivity contribution >= 4 is 0 Å². The van der Waals surface area contributed by atoms with Crippen molar-refractivity contribution in [2.75, 3.05) is 39.5 Å². The van der Waals surface area contributed by atoms with Crippen molar-refractivity contribution in [2.45, 2.75) is 12.1 Å². The van der Waals surface area contributed by atoms with Gasteiger partial charge >= 0.3 is 0 Å². The first kappa shape index (κ1) is 8.17. The third-order valence-electron chi connectivity index (χ3n) is 3.44. The fourth-order valence-electron chi connectivity index (χ4n) is 2.48. The average molecular weight is 184 g/mol. The number of rotatable bonds is 1. The van der Waals surface area contributed by atoms with E-state index >= 15 is 0 Å². The second kappa shape index (κ2) is 2.92. The zero-order valence-electron chi connectivity index (χ0n) is 7.71. The molecule has 0 radical (unpaired) electrons.